The van der Waals surface area contributed by atoms with Crippen molar-refractivity contribution in [2.75, 3.05) is 7.11 Å². The Labute approximate surface area is 88.5 Å². The van der Waals surface area contributed by atoms with Crippen molar-refractivity contribution in [1.29, 1.82) is 0 Å². The smallest absolute Gasteiger partial charge is 0.158 e. The highest BCUT2D eigenvalue weighted by Crippen LogP contribution is 2.19. The van der Waals surface area contributed by atoms with Crippen LogP contribution in [-0.4, -0.2) is 22.1 Å². The molecule has 0 amide bonds. The number of rotatable bonds is 3. The molecule has 0 aliphatic rings. The van der Waals surface area contributed by atoms with E-state index in [9.17, 15) is 0 Å². The van der Waals surface area contributed by atoms with Crippen LogP contribution < -0.4 is 0 Å². The van der Waals surface area contributed by atoms with Gasteiger partial charge in [0.1, 0.15) is 5.69 Å². The van der Waals surface area contributed by atoms with Crippen LogP contribution in [0.4, 0.5) is 0 Å². The molecule has 15 heavy (non-hydrogen) atoms. The predicted molar refractivity (Wildman–Crippen MR) is 57.2 cm³/mol. The number of hydrogen-bond donors (Lipinski definition) is 0. The van der Waals surface area contributed by atoms with Gasteiger partial charge < -0.3 is 4.74 Å². The first-order valence-electron chi connectivity index (χ1n) is 4.76. The summed E-state index contributed by atoms with van der Waals surface area (Å²) in [4.78, 5) is 1.53. The predicted octanol–water partition coefficient (Wildman–Crippen LogP) is 1.86. The molecule has 0 N–H and O–H groups in total. The van der Waals surface area contributed by atoms with Crippen LogP contribution >= 0.6 is 0 Å². The van der Waals surface area contributed by atoms with Crippen molar-refractivity contribution in [3.05, 3.63) is 36.0 Å². The number of hydrogen-bond acceptors (Lipinski definition) is 3. The lowest BCUT2D eigenvalue weighted by Crippen LogP contribution is -2.03. The molecule has 0 saturated carbocycles. The summed E-state index contributed by atoms with van der Waals surface area (Å²) in [5.74, 6) is 0. The Bertz CT molecular complexity index is 451. The van der Waals surface area contributed by atoms with Gasteiger partial charge in [0, 0.05) is 12.7 Å². The number of benzene rings is 1. The molecule has 78 valence electrons. The van der Waals surface area contributed by atoms with E-state index in [-0.39, 0.29) is 0 Å². The highest BCUT2D eigenvalue weighted by Gasteiger charge is 2.05. The van der Waals surface area contributed by atoms with Gasteiger partial charge in [-0.3, -0.25) is 0 Å². The lowest BCUT2D eigenvalue weighted by molar-refractivity contribution is 0.108. The van der Waals surface area contributed by atoms with E-state index in [1.807, 2.05) is 18.2 Å². The first kappa shape index (κ1) is 9.86. The van der Waals surface area contributed by atoms with E-state index in [0.717, 1.165) is 11.3 Å². The van der Waals surface area contributed by atoms with Crippen molar-refractivity contribution in [2.24, 2.45) is 0 Å². The topological polar surface area (TPSA) is 39.9 Å². The second kappa shape index (κ2) is 4.23. The molecule has 0 unspecified atom stereocenters. The average Bonchev–Trinajstić information content (AvgIpc) is 2.68. The Hall–Kier alpha value is -1.68. The third-order valence-corrected chi connectivity index (χ3v) is 2.20. The Kier molecular flexibility index (Phi) is 2.78. The molecule has 0 aliphatic heterocycles. The van der Waals surface area contributed by atoms with E-state index in [1.165, 1.54) is 10.4 Å². The maximum Gasteiger partial charge on any atom is 0.158 e. The molecule has 4 heteroatoms. The molecule has 0 saturated heterocycles. The fourth-order valence-electron chi connectivity index (χ4n) is 1.46. The highest BCUT2D eigenvalue weighted by molar-refractivity contribution is 5.61. The van der Waals surface area contributed by atoms with Crippen molar-refractivity contribution in [3.8, 4) is 11.3 Å². The van der Waals surface area contributed by atoms with Crippen LogP contribution in [-0.2, 0) is 11.5 Å². The van der Waals surface area contributed by atoms with Crippen molar-refractivity contribution in [3.63, 3.8) is 0 Å². The number of ether oxygens (including phenoxy) is 1. The van der Waals surface area contributed by atoms with Crippen molar-refractivity contribution in [1.82, 2.24) is 15.0 Å². The van der Waals surface area contributed by atoms with Crippen LogP contribution in [0, 0.1) is 6.92 Å². The van der Waals surface area contributed by atoms with Crippen LogP contribution in [0.1, 0.15) is 5.56 Å². The van der Waals surface area contributed by atoms with Gasteiger partial charge in [0.25, 0.3) is 0 Å². The van der Waals surface area contributed by atoms with E-state index < -0.39 is 0 Å². The van der Waals surface area contributed by atoms with E-state index >= 15 is 0 Å². The summed E-state index contributed by atoms with van der Waals surface area (Å²) in [5.41, 5.74) is 3.19. The van der Waals surface area contributed by atoms with Crippen molar-refractivity contribution < 1.29 is 4.74 Å². The molecular weight excluding hydrogens is 190 g/mol. The molecule has 0 aliphatic carbocycles. The molecular formula is C11H13N3O. The van der Waals surface area contributed by atoms with Crippen LogP contribution in [0.15, 0.2) is 30.5 Å². The van der Waals surface area contributed by atoms with Gasteiger partial charge >= 0.3 is 0 Å². The summed E-state index contributed by atoms with van der Waals surface area (Å²) in [6.45, 7) is 2.44. The Morgan fingerprint density at radius 3 is 2.87 bits per heavy atom. The Morgan fingerprint density at radius 2 is 2.13 bits per heavy atom. The maximum atomic E-state index is 4.95. The lowest BCUT2D eigenvalue weighted by atomic mass is 10.1. The van der Waals surface area contributed by atoms with Crippen molar-refractivity contribution in [2.45, 2.75) is 13.7 Å². The molecule has 2 aromatic rings. The molecule has 0 fully saturated rings. The summed E-state index contributed by atoms with van der Waals surface area (Å²) in [6.07, 6.45) is 1.75. The number of nitrogens with zero attached hydrogens (tertiary/aromatic N) is 3. The van der Waals surface area contributed by atoms with Crippen LogP contribution in [0.2, 0.25) is 0 Å². The normalized spacial score (nSPS) is 10.5. The highest BCUT2D eigenvalue weighted by atomic mass is 16.5. The summed E-state index contributed by atoms with van der Waals surface area (Å²) >= 11 is 0. The van der Waals surface area contributed by atoms with E-state index in [1.54, 1.807) is 13.3 Å². The fraction of sp³-hybridized carbons (Fsp3) is 0.273. The molecule has 0 spiro atoms. The van der Waals surface area contributed by atoms with Gasteiger partial charge in [-0.15, -0.1) is 0 Å². The second-order valence-corrected chi connectivity index (χ2v) is 3.33. The molecule has 1 aromatic heterocycles. The Balaban J connectivity index is 2.33. The second-order valence-electron chi connectivity index (χ2n) is 3.33. The van der Waals surface area contributed by atoms with Gasteiger partial charge in [0.05, 0.1) is 6.20 Å². The summed E-state index contributed by atoms with van der Waals surface area (Å²) in [7, 11) is 1.62. The van der Waals surface area contributed by atoms with Crippen LogP contribution in [0.3, 0.4) is 0 Å². The van der Waals surface area contributed by atoms with E-state index in [0.29, 0.717) is 6.73 Å². The van der Waals surface area contributed by atoms with Gasteiger partial charge in [0.15, 0.2) is 6.73 Å². The lowest BCUT2D eigenvalue weighted by Gasteiger charge is -2.00. The molecule has 4 nitrogen and oxygen atoms in total. The number of aromatic nitrogens is 3. The van der Waals surface area contributed by atoms with Gasteiger partial charge in [-0.1, -0.05) is 24.3 Å². The minimum Gasteiger partial charge on any atom is -0.361 e. The summed E-state index contributed by atoms with van der Waals surface area (Å²) < 4.78 is 4.95. The van der Waals surface area contributed by atoms with Gasteiger partial charge in [-0.2, -0.15) is 15.0 Å². The summed E-state index contributed by atoms with van der Waals surface area (Å²) in [5, 5.41) is 8.42. The SMILES string of the molecule is COCn1ncc(-c2ccccc2C)n1. The molecule has 2 rings (SSSR count). The van der Waals surface area contributed by atoms with E-state index in [4.69, 9.17) is 4.74 Å². The van der Waals surface area contributed by atoms with Crippen molar-refractivity contribution >= 4 is 0 Å². The summed E-state index contributed by atoms with van der Waals surface area (Å²) in [6, 6.07) is 8.11. The standard InChI is InChI=1S/C11H13N3O/c1-9-5-3-4-6-10(9)11-7-12-14(13-11)8-15-2/h3-7H,8H2,1-2H3. The zero-order valence-electron chi connectivity index (χ0n) is 8.84. The van der Waals surface area contributed by atoms with Gasteiger partial charge in [-0.05, 0) is 12.5 Å². The van der Waals surface area contributed by atoms with Gasteiger partial charge in [-0.25, -0.2) is 0 Å². The monoisotopic (exact) mass is 203 g/mol. The van der Waals surface area contributed by atoms with Gasteiger partial charge in [0.2, 0.25) is 0 Å². The van der Waals surface area contributed by atoms with Crippen LogP contribution in [0.25, 0.3) is 11.3 Å². The number of methoxy groups -OCH3 is 1. The largest absolute Gasteiger partial charge is 0.361 e. The molecule has 0 atom stereocenters. The first-order valence-corrected chi connectivity index (χ1v) is 4.76. The quantitative estimate of drug-likeness (QED) is 0.764. The molecule has 0 radical (unpaired) electrons. The average molecular weight is 203 g/mol. The van der Waals surface area contributed by atoms with Crippen LogP contribution in [0.5, 0.6) is 0 Å². The third kappa shape index (κ3) is 2.05. The maximum absolute atomic E-state index is 4.95. The fourth-order valence-corrected chi connectivity index (χ4v) is 1.46. The first-order chi connectivity index (χ1) is 7.31. The molecule has 0 bridgehead atoms. The number of aryl methyl sites for hydroxylation is 1. The minimum atomic E-state index is 0.381. The zero-order valence-corrected chi connectivity index (χ0v) is 8.84. The van der Waals surface area contributed by atoms with E-state index in [2.05, 4.69) is 23.2 Å². The zero-order chi connectivity index (χ0) is 10.7. The third-order valence-electron chi connectivity index (χ3n) is 2.20. The molecule has 1 aromatic carbocycles. The Morgan fingerprint density at radius 1 is 1.33 bits per heavy atom. The minimum absolute atomic E-state index is 0.381. The molecule has 1 heterocycles.